The summed E-state index contributed by atoms with van der Waals surface area (Å²) in [5.74, 6) is 0.397. The van der Waals surface area contributed by atoms with Crippen LogP contribution in [0.4, 0.5) is 0 Å². The van der Waals surface area contributed by atoms with Crippen LogP contribution in [-0.2, 0) is 17.9 Å². The fraction of sp³-hybridized carbons (Fsp3) is 0.333. The van der Waals surface area contributed by atoms with E-state index >= 15 is 0 Å². The molecule has 0 bridgehead atoms. The van der Waals surface area contributed by atoms with E-state index in [4.69, 9.17) is 10.00 Å². The molecule has 26 heavy (non-hydrogen) atoms. The van der Waals surface area contributed by atoms with Crippen molar-refractivity contribution in [2.75, 3.05) is 19.7 Å². The van der Waals surface area contributed by atoms with E-state index in [-0.39, 0.29) is 12.5 Å². The van der Waals surface area contributed by atoms with Gasteiger partial charge in [-0.05, 0) is 43.7 Å². The maximum atomic E-state index is 11.9. The topological polar surface area (TPSA) is 66.6 Å². The van der Waals surface area contributed by atoms with Gasteiger partial charge in [-0.25, -0.2) is 0 Å². The minimum Gasteiger partial charge on any atom is -0.484 e. The highest BCUT2D eigenvalue weighted by Crippen LogP contribution is 2.11. The lowest BCUT2D eigenvalue weighted by molar-refractivity contribution is -0.910. The molecule has 0 aliphatic heterocycles. The van der Waals surface area contributed by atoms with Crippen molar-refractivity contribution in [1.82, 2.24) is 5.32 Å². The first-order valence-electron chi connectivity index (χ1n) is 8.95. The summed E-state index contributed by atoms with van der Waals surface area (Å²) in [6, 6.07) is 17.1. The van der Waals surface area contributed by atoms with Crippen LogP contribution in [0, 0.1) is 11.3 Å². The Hall–Kier alpha value is -2.84. The molecule has 136 valence electrons. The van der Waals surface area contributed by atoms with Gasteiger partial charge in [0.25, 0.3) is 5.91 Å². The summed E-state index contributed by atoms with van der Waals surface area (Å²) in [4.78, 5) is 13.5. The van der Waals surface area contributed by atoms with Crippen molar-refractivity contribution in [1.29, 1.82) is 5.26 Å². The highest BCUT2D eigenvalue weighted by Gasteiger charge is 2.06. The van der Waals surface area contributed by atoms with Crippen LogP contribution < -0.4 is 15.0 Å². The lowest BCUT2D eigenvalue weighted by Crippen LogP contribution is -3.10. The first kappa shape index (κ1) is 19.5. The van der Waals surface area contributed by atoms with Gasteiger partial charge < -0.3 is 15.0 Å². The first-order valence-corrected chi connectivity index (χ1v) is 8.95. The van der Waals surface area contributed by atoms with E-state index in [0.717, 1.165) is 25.2 Å². The van der Waals surface area contributed by atoms with E-state index in [0.29, 0.717) is 17.9 Å². The van der Waals surface area contributed by atoms with E-state index in [2.05, 4.69) is 43.4 Å². The zero-order chi connectivity index (χ0) is 18.8. The monoisotopic (exact) mass is 352 g/mol. The average molecular weight is 352 g/mol. The number of rotatable bonds is 9. The molecule has 2 rings (SSSR count). The van der Waals surface area contributed by atoms with Crippen LogP contribution in [0.15, 0.2) is 48.5 Å². The molecule has 0 radical (unpaired) electrons. The second-order valence-electron chi connectivity index (χ2n) is 6.15. The minimum atomic E-state index is -0.175. The maximum Gasteiger partial charge on any atom is 0.258 e. The van der Waals surface area contributed by atoms with Gasteiger partial charge in [0.15, 0.2) is 6.61 Å². The normalized spacial score (nSPS) is 10.4. The number of amides is 1. The Labute approximate surface area is 155 Å². The Morgan fingerprint density at radius 2 is 1.65 bits per heavy atom. The highest BCUT2D eigenvalue weighted by atomic mass is 16.5. The molecule has 2 aromatic rings. The summed E-state index contributed by atoms with van der Waals surface area (Å²) in [7, 11) is 0. The van der Waals surface area contributed by atoms with Crippen molar-refractivity contribution in [3.8, 4) is 11.8 Å². The Bertz CT molecular complexity index is 729. The number of benzene rings is 2. The van der Waals surface area contributed by atoms with Gasteiger partial charge in [-0.1, -0.05) is 24.3 Å². The first-order chi connectivity index (χ1) is 12.6. The van der Waals surface area contributed by atoms with E-state index in [1.165, 1.54) is 5.56 Å². The van der Waals surface area contributed by atoms with Gasteiger partial charge in [0.2, 0.25) is 0 Å². The predicted molar refractivity (Wildman–Crippen MR) is 101 cm³/mol. The van der Waals surface area contributed by atoms with Gasteiger partial charge in [0.05, 0.1) is 24.7 Å². The molecule has 0 spiro atoms. The molecule has 2 aromatic carbocycles. The molecular weight excluding hydrogens is 326 g/mol. The second kappa shape index (κ2) is 10.2. The van der Waals surface area contributed by atoms with Gasteiger partial charge in [-0.3, -0.25) is 4.79 Å². The third-order valence-electron chi connectivity index (χ3n) is 4.32. The Morgan fingerprint density at radius 1 is 1.04 bits per heavy atom. The number of carbonyl (C=O) groups excluding carboxylic acids is 1. The largest absolute Gasteiger partial charge is 0.484 e. The van der Waals surface area contributed by atoms with Crippen LogP contribution in [0.5, 0.6) is 5.75 Å². The quantitative estimate of drug-likeness (QED) is 0.722. The fourth-order valence-corrected chi connectivity index (χ4v) is 2.59. The van der Waals surface area contributed by atoms with E-state index in [1.807, 2.05) is 6.07 Å². The highest BCUT2D eigenvalue weighted by molar-refractivity contribution is 5.77. The molecule has 0 unspecified atom stereocenters. The fourth-order valence-electron chi connectivity index (χ4n) is 2.59. The molecule has 2 N–H and O–H groups in total. The van der Waals surface area contributed by atoms with Crippen LogP contribution in [0.25, 0.3) is 0 Å². The molecule has 5 nitrogen and oxygen atoms in total. The number of hydrogen-bond acceptors (Lipinski definition) is 3. The van der Waals surface area contributed by atoms with Gasteiger partial charge >= 0.3 is 0 Å². The van der Waals surface area contributed by atoms with Gasteiger partial charge in [0, 0.05) is 12.1 Å². The second-order valence-corrected chi connectivity index (χ2v) is 6.15. The molecule has 0 saturated heterocycles. The van der Waals surface area contributed by atoms with Crippen LogP contribution in [-0.4, -0.2) is 25.6 Å². The van der Waals surface area contributed by atoms with Crippen molar-refractivity contribution in [2.24, 2.45) is 0 Å². The number of nitrogens with one attached hydrogen (secondary N) is 2. The van der Waals surface area contributed by atoms with Crippen LogP contribution in [0.3, 0.4) is 0 Å². The molecule has 0 aliphatic rings. The molecule has 0 heterocycles. The molecule has 0 saturated carbocycles. The SMILES string of the molecule is CC[NH+](CC)Cc1ccc(CNC(=O)COc2ccc(C#N)cc2)cc1. The number of hydrogen-bond donors (Lipinski definition) is 2. The van der Waals surface area contributed by atoms with E-state index < -0.39 is 0 Å². The Morgan fingerprint density at radius 3 is 2.23 bits per heavy atom. The molecular formula is C21H26N3O2+. The number of quaternary nitrogens is 1. The van der Waals surface area contributed by atoms with E-state index in [9.17, 15) is 4.79 Å². The van der Waals surface area contributed by atoms with Gasteiger partial charge in [0.1, 0.15) is 12.3 Å². The third-order valence-corrected chi connectivity index (χ3v) is 4.32. The summed E-state index contributed by atoms with van der Waals surface area (Å²) < 4.78 is 5.42. The minimum absolute atomic E-state index is 0.0463. The third kappa shape index (κ3) is 6.23. The summed E-state index contributed by atoms with van der Waals surface area (Å²) in [6.45, 7) is 8.09. The van der Waals surface area contributed by atoms with Crippen LogP contribution in [0.1, 0.15) is 30.5 Å². The van der Waals surface area contributed by atoms with Crippen molar-refractivity contribution >= 4 is 5.91 Å². The van der Waals surface area contributed by atoms with Gasteiger partial charge in [-0.2, -0.15) is 5.26 Å². The molecule has 0 fully saturated rings. The summed E-state index contributed by atoms with van der Waals surface area (Å²) in [5, 5.41) is 11.6. The smallest absolute Gasteiger partial charge is 0.258 e. The summed E-state index contributed by atoms with van der Waals surface area (Å²) in [5.41, 5.74) is 2.94. The number of carbonyl (C=O) groups is 1. The summed E-state index contributed by atoms with van der Waals surface area (Å²) >= 11 is 0. The van der Waals surface area contributed by atoms with Crippen molar-refractivity contribution in [3.05, 3.63) is 65.2 Å². The predicted octanol–water partition coefficient (Wildman–Crippen LogP) is 1.68. The van der Waals surface area contributed by atoms with Crippen molar-refractivity contribution in [2.45, 2.75) is 26.9 Å². The standard InChI is InChI=1S/C21H25N3O2/c1-3-24(4-2)15-19-7-5-18(6-8-19)14-23-21(25)16-26-20-11-9-17(13-22)10-12-20/h5-12H,3-4,14-16H2,1-2H3,(H,23,25)/p+1. The lowest BCUT2D eigenvalue weighted by Gasteiger charge is -2.15. The number of nitrogens with zero attached hydrogens (tertiary/aromatic N) is 1. The van der Waals surface area contributed by atoms with Gasteiger partial charge in [-0.15, -0.1) is 0 Å². The zero-order valence-electron chi connectivity index (χ0n) is 15.4. The Kier molecular flexibility index (Phi) is 7.66. The number of nitriles is 1. The van der Waals surface area contributed by atoms with Crippen molar-refractivity contribution < 1.29 is 14.4 Å². The molecule has 0 atom stereocenters. The maximum absolute atomic E-state index is 11.9. The average Bonchev–Trinajstić information content (AvgIpc) is 2.70. The molecule has 1 amide bonds. The lowest BCUT2D eigenvalue weighted by atomic mass is 10.1. The Balaban J connectivity index is 1.75. The van der Waals surface area contributed by atoms with E-state index in [1.54, 1.807) is 29.2 Å². The number of ether oxygens (including phenoxy) is 1. The molecule has 5 heteroatoms. The zero-order valence-corrected chi connectivity index (χ0v) is 15.4. The van der Waals surface area contributed by atoms with Crippen LogP contribution in [0.2, 0.25) is 0 Å². The molecule has 0 aliphatic carbocycles. The van der Waals surface area contributed by atoms with Crippen LogP contribution >= 0.6 is 0 Å². The van der Waals surface area contributed by atoms with Crippen molar-refractivity contribution in [3.63, 3.8) is 0 Å². The summed E-state index contributed by atoms with van der Waals surface area (Å²) in [6.07, 6.45) is 0. The molecule has 0 aromatic heterocycles.